The topological polar surface area (TPSA) is 110 Å². The molecule has 0 aliphatic carbocycles. The lowest BCUT2D eigenvalue weighted by Crippen LogP contribution is -2.46. The molecule has 7 heteroatoms. The largest absolute Gasteiger partial charge is 0.361 e. The first-order valence-electron chi connectivity index (χ1n) is 8.99. The molecule has 0 bridgehead atoms. The second kappa shape index (κ2) is 6.53. The molecule has 4 rings (SSSR count). The zero-order chi connectivity index (χ0) is 19.9. The van der Waals surface area contributed by atoms with Crippen LogP contribution in [0.3, 0.4) is 0 Å². The highest BCUT2D eigenvalue weighted by Crippen LogP contribution is 2.22. The van der Waals surface area contributed by atoms with E-state index in [4.69, 9.17) is 0 Å². The Kier molecular flexibility index (Phi) is 4.15. The minimum Gasteiger partial charge on any atom is -0.361 e. The Hall–Kier alpha value is -3.61. The van der Waals surface area contributed by atoms with Crippen LogP contribution >= 0.6 is 0 Å². The van der Waals surface area contributed by atoms with E-state index in [1.165, 1.54) is 0 Å². The van der Waals surface area contributed by atoms with Gasteiger partial charge in [0.2, 0.25) is 0 Å². The van der Waals surface area contributed by atoms with Crippen molar-refractivity contribution in [2.45, 2.75) is 26.2 Å². The van der Waals surface area contributed by atoms with E-state index in [1.807, 2.05) is 51.2 Å². The molecule has 28 heavy (non-hydrogen) atoms. The van der Waals surface area contributed by atoms with E-state index in [0.29, 0.717) is 5.69 Å². The van der Waals surface area contributed by atoms with Gasteiger partial charge in [-0.15, -0.1) is 0 Å². The van der Waals surface area contributed by atoms with E-state index in [-0.39, 0.29) is 27.2 Å². The van der Waals surface area contributed by atoms with Gasteiger partial charge in [0, 0.05) is 28.2 Å². The maximum atomic E-state index is 12.6. The monoisotopic (exact) mass is 375 g/mol. The zero-order valence-corrected chi connectivity index (χ0v) is 15.9. The highest BCUT2D eigenvalue weighted by molar-refractivity contribution is 5.88. The number of imidazole rings is 1. The Labute approximate surface area is 159 Å². The lowest BCUT2D eigenvalue weighted by atomic mass is 9.90. The van der Waals surface area contributed by atoms with E-state index in [0.717, 1.165) is 22.2 Å². The summed E-state index contributed by atoms with van der Waals surface area (Å²) in [6.07, 6.45) is 6.69. The van der Waals surface area contributed by atoms with E-state index in [2.05, 4.69) is 24.9 Å². The first-order chi connectivity index (χ1) is 13.3. The Morgan fingerprint density at radius 1 is 0.929 bits per heavy atom. The molecule has 3 aromatic heterocycles. The summed E-state index contributed by atoms with van der Waals surface area (Å²) < 4.78 is 0. The number of benzene rings is 1. The van der Waals surface area contributed by atoms with Crippen molar-refractivity contribution in [3.63, 3.8) is 0 Å². The third-order valence-electron chi connectivity index (χ3n) is 4.61. The fourth-order valence-corrected chi connectivity index (χ4v) is 3.24. The molecule has 0 saturated carbocycles. The van der Waals surface area contributed by atoms with Crippen molar-refractivity contribution in [3.05, 3.63) is 85.1 Å². The van der Waals surface area contributed by atoms with Crippen LogP contribution in [0.15, 0.2) is 46.4 Å². The van der Waals surface area contributed by atoms with Crippen LogP contribution in [0.25, 0.3) is 23.1 Å². The summed E-state index contributed by atoms with van der Waals surface area (Å²) >= 11 is 0. The van der Waals surface area contributed by atoms with Crippen molar-refractivity contribution in [1.29, 1.82) is 0 Å². The van der Waals surface area contributed by atoms with Crippen molar-refractivity contribution in [1.82, 2.24) is 24.9 Å². The minimum atomic E-state index is -0.380. The summed E-state index contributed by atoms with van der Waals surface area (Å²) in [4.78, 5) is 41.0. The Morgan fingerprint density at radius 3 is 2.36 bits per heavy atom. The molecule has 0 fully saturated rings. The van der Waals surface area contributed by atoms with Crippen LogP contribution in [-0.4, -0.2) is 24.9 Å². The second-order valence-corrected chi connectivity index (χ2v) is 7.72. The fraction of sp³-hybridized carbons (Fsp3) is 0.190. The molecule has 0 radical (unpaired) electrons. The van der Waals surface area contributed by atoms with Crippen molar-refractivity contribution in [3.8, 4) is 0 Å². The van der Waals surface area contributed by atoms with Gasteiger partial charge >= 0.3 is 0 Å². The van der Waals surface area contributed by atoms with Gasteiger partial charge in [0.05, 0.1) is 12.0 Å². The molecule has 142 valence electrons. The van der Waals surface area contributed by atoms with Gasteiger partial charge in [-0.1, -0.05) is 32.9 Å². The van der Waals surface area contributed by atoms with Crippen LogP contribution < -0.4 is 21.8 Å². The van der Waals surface area contributed by atoms with E-state index in [1.54, 1.807) is 18.5 Å². The predicted octanol–water partition coefficient (Wildman–Crippen LogP) is 1.22. The van der Waals surface area contributed by atoms with Crippen LogP contribution in [0.1, 0.15) is 37.7 Å². The highest BCUT2D eigenvalue weighted by atomic mass is 16.1. The molecule has 0 spiro atoms. The van der Waals surface area contributed by atoms with Crippen molar-refractivity contribution < 1.29 is 0 Å². The van der Waals surface area contributed by atoms with Gasteiger partial charge in [-0.25, -0.2) is 4.98 Å². The molecule has 4 N–H and O–H groups in total. The van der Waals surface area contributed by atoms with E-state index < -0.39 is 0 Å². The maximum Gasteiger partial charge on any atom is 0.272 e. The SMILES string of the molecule is CC(C)(C)c1[nH]cnc1/C=c1\[nH]c(=O)/c(=C/c2cccc3[nH]ccc23)[nH]c1=O. The van der Waals surface area contributed by atoms with Crippen LogP contribution in [0, 0.1) is 0 Å². The van der Waals surface area contributed by atoms with Gasteiger partial charge in [0.15, 0.2) is 0 Å². The molecule has 0 aliphatic rings. The number of rotatable bonds is 2. The number of nitrogens with one attached hydrogen (secondary N) is 4. The number of fused-ring (bicyclic) bond motifs is 1. The highest BCUT2D eigenvalue weighted by Gasteiger charge is 2.19. The maximum absolute atomic E-state index is 12.6. The molecule has 0 atom stereocenters. The summed E-state index contributed by atoms with van der Waals surface area (Å²) in [6.45, 7) is 6.14. The van der Waals surface area contributed by atoms with E-state index >= 15 is 0 Å². The van der Waals surface area contributed by atoms with Crippen LogP contribution in [0.2, 0.25) is 0 Å². The van der Waals surface area contributed by atoms with Crippen molar-refractivity contribution >= 4 is 23.1 Å². The van der Waals surface area contributed by atoms with Crippen LogP contribution in [0.4, 0.5) is 0 Å². The first-order valence-corrected chi connectivity index (χ1v) is 8.99. The Morgan fingerprint density at radius 2 is 1.64 bits per heavy atom. The Balaban J connectivity index is 1.87. The average Bonchev–Trinajstić information content (AvgIpc) is 3.28. The van der Waals surface area contributed by atoms with E-state index in [9.17, 15) is 9.59 Å². The molecular formula is C21H21N5O2. The summed E-state index contributed by atoms with van der Waals surface area (Å²) in [5, 5.41) is 1.35. The molecular weight excluding hydrogens is 354 g/mol. The molecule has 0 unspecified atom stereocenters. The second-order valence-electron chi connectivity index (χ2n) is 7.72. The minimum absolute atomic E-state index is 0.166. The number of aromatic amines is 4. The normalized spacial score (nSPS) is 13.5. The van der Waals surface area contributed by atoms with Gasteiger partial charge in [-0.2, -0.15) is 0 Å². The lowest BCUT2D eigenvalue weighted by molar-refractivity contribution is 0.571. The quantitative estimate of drug-likeness (QED) is 0.423. The molecule has 7 nitrogen and oxygen atoms in total. The summed E-state index contributed by atoms with van der Waals surface area (Å²) in [5.41, 5.74) is 2.41. The molecule has 3 heterocycles. The average molecular weight is 375 g/mol. The third-order valence-corrected chi connectivity index (χ3v) is 4.61. The van der Waals surface area contributed by atoms with Crippen molar-refractivity contribution in [2.75, 3.05) is 0 Å². The van der Waals surface area contributed by atoms with Gasteiger partial charge < -0.3 is 19.9 Å². The molecule has 0 aliphatic heterocycles. The molecule has 0 amide bonds. The standard InChI is InChI=1S/C21H21N5O2/c1-21(2,3)18-15(23-11-24-18)10-17-20(28)25-16(19(27)26-17)9-12-5-4-6-14-13(12)7-8-22-14/h4-11,22H,1-3H3,(H,23,24)(H,25,28)(H,26,27)/b16-9-,17-10-. The molecule has 4 aromatic rings. The van der Waals surface area contributed by atoms with Crippen molar-refractivity contribution in [2.24, 2.45) is 0 Å². The zero-order valence-electron chi connectivity index (χ0n) is 15.9. The van der Waals surface area contributed by atoms with Crippen LogP contribution in [-0.2, 0) is 5.41 Å². The first kappa shape index (κ1) is 17.8. The van der Waals surface area contributed by atoms with Gasteiger partial charge in [-0.3, -0.25) is 9.59 Å². The van der Waals surface area contributed by atoms with Crippen LogP contribution in [0.5, 0.6) is 0 Å². The van der Waals surface area contributed by atoms with Gasteiger partial charge in [0.25, 0.3) is 11.1 Å². The third kappa shape index (κ3) is 3.22. The smallest absolute Gasteiger partial charge is 0.272 e. The number of hydrogen-bond acceptors (Lipinski definition) is 3. The van der Waals surface area contributed by atoms with Gasteiger partial charge in [-0.05, 0) is 29.8 Å². The number of H-pyrrole nitrogens is 4. The van der Waals surface area contributed by atoms with Gasteiger partial charge in [0.1, 0.15) is 10.7 Å². The number of aromatic nitrogens is 5. The molecule has 1 aromatic carbocycles. The number of hydrogen-bond donors (Lipinski definition) is 4. The molecule has 0 saturated heterocycles. The summed E-state index contributed by atoms with van der Waals surface area (Å²) in [6, 6.07) is 7.67. The Bertz CT molecular complexity index is 1390. The lowest BCUT2D eigenvalue weighted by Gasteiger charge is -2.16. The predicted molar refractivity (Wildman–Crippen MR) is 110 cm³/mol. The fourth-order valence-electron chi connectivity index (χ4n) is 3.24. The summed E-state index contributed by atoms with van der Waals surface area (Å²) in [5.74, 6) is 0. The summed E-state index contributed by atoms with van der Waals surface area (Å²) in [7, 11) is 0. The number of nitrogens with zero attached hydrogens (tertiary/aromatic N) is 1.